The molecule has 0 spiro atoms. The van der Waals surface area contributed by atoms with Gasteiger partial charge in [0.25, 0.3) is 0 Å². The Bertz CT molecular complexity index is 608. The minimum atomic E-state index is -0.590. The third-order valence-corrected chi connectivity index (χ3v) is 8.10. The number of fused-ring (bicyclic) bond motifs is 1. The summed E-state index contributed by atoms with van der Waals surface area (Å²) in [5.74, 6) is 0.0819. The molecule has 7 heteroatoms. The molecule has 0 radical (unpaired) electrons. The fourth-order valence-electron chi connectivity index (χ4n) is 6.38. The normalized spacial score (nSPS) is 39.7. The van der Waals surface area contributed by atoms with Crippen LogP contribution < -0.4 is 5.32 Å². The Balaban J connectivity index is 1.81. The molecule has 0 aromatic rings. The number of amides is 2. The van der Waals surface area contributed by atoms with Gasteiger partial charge in [0.2, 0.25) is 5.91 Å². The first-order valence-electron chi connectivity index (χ1n) is 11.3. The van der Waals surface area contributed by atoms with Crippen LogP contribution in [0.25, 0.3) is 0 Å². The lowest BCUT2D eigenvalue weighted by molar-refractivity contribution is -0.187. The maximum Gasteiger partial charge on any atom is 0.407 e. The van der Waals surface area contributed by atoms with Crippen molar-refractivity contribution in [1.29, 1.82) is 0 Å². The van der Waals surface area contributed by atoms with Crippen molar-refractivity contribution in [2.45, 2.75) is 77.9 Å². The van der Waals surface area contributed by atoms with E-state index in [1.165, 1.54) is 0 Å². The molecule has 29 heavy (non-hydrogen) atoms. The summed E-state index contributed by atoms with van der Waals surface area (Å²) in [6.07, 6.45) is 3.92. The van der Waals surface area contributed by atoms with Gasteiger partial charge in [0, 0.05) is 31.5 Å². The number of carbonyl (C=O) groups excluding carboxylic acids is 2. The molecule has 3 aliphatic rings. The summed E-state index contributed by atoms with van der Waals surface area (Å²) in [5.41, 5.74) is -0.862. The number of nitrogens with one attached hydrogen (secondary N) is 1. The monoisotopic (exact) mass is 410 g/mol. The molecule has 2 saturated carbocycles. The van der Waals surface area contributed by atoms with Crippen molar-refractivity contribution in [2.24, 2.45) is 22.7 Å². The number of rotatable bonds is 5. The Hall–Kier alpha value is -1.34. The lowest BCUT2D eigenvalue weighted by Gasteiger charge is -2.60. The lowest BCUT2D eigenvalue weighted by atomic mass is 9.46. The van der Waals surface area contributed by atoms with Crippen molar-refractivity contribution >= 4 is 12.0 Å². The summed E-state index contributed by atoms with van der Waals surface area (Å²) < 4.78 is 5.71. The Labute approximate surface area is 174 Å². The summed E-state index contributed by atoms with van der Waals surface area (Å²) in [6, 6.07) is 0. The van der Waals surface area contributed by atoms with E-state index in [0.29, 0.717) is 25.8 Å². The van der Waals surface area contributed by atoms with Gasteiger partial charge in [-0.05, 0) is 62.7 Å². The van der Waals surface area contributed by atoms with Gasteiger partial charge in [-0.1, -0.05) is 13.8 Å². The predicted octanol–water partition coefficient (Wildman–Crippen LogP) is 2.30. The Kier molecular flexibility index (Phi) is 6.78. The van der Waals surface area contributed by atoms with Crippen molar-refractivity contribution in [2.75, 3.05) is 26.2 Å². The van der Waals surface area contributed by atoms with Crippen LogP contribution in [0.1, 0.15) is 65.7 Å². The second kappa shape index (κ2) is 8.80. The zero-order chi connectivity index (χ0) is 21.2. The molecule has 7 nitrogen and oxygen atoms in total. The molecule has 1 saturated heterocycles. The van der Waals surface area contributed by atoms with Gasteiger partial charge in [-0.3, -0.25) is 4.79 Å². The number of ether oxygens (including phenoxy) is 1. The fraction of sp³-hybridized carbons (Fsp3) is 0.909. The molecular formula is C22H38N2O5. The Morgan fingerprint density at radius 3 is 2.48 bits per heavy atom. The summed E-state index contributed by atoms with van der Waals surface area (Å²) in [5, 5.41) is 23.9. The van der Waals surface area contributed by atoms with Gasteiger partial charge in [-0.15, -0.1) is 0 Å². The van der Waals surface area contributed by atoms with Gasteiger partial charge in [0.1, 0.15) is 6.10 Å². The number of nitrogens with zero attached hydrogens (tertiary/aromatic N) is 1. The van der Waals surface area contributed by atoms with E-state index < -0.39 is 17.6 Å². The molecular weight excluding hydrogens is 372 g/mol. The van der Waals surface area contributed by atoms with Crippen LogP contribution in [0.2, 0.25) is 0 Å². The molecule has 2 amide bonds. The predicted molar refractivity (Wildman–Crippen MR) is 109 cm³/mol. The van der Waals surface area contributed by atoms with Crippen LogP contribution in [0.15, 0.2) is 0 Å². The van der Waals surface area contributed by atoms with Gasteiger partial charge in [0.15, 0.2) is 0 Å². The molecule has 6 atom stereocenters. The van der Waals surface area contributed by atoms with Crippen LogP contribution in [0.3, 0.4) is 0 Å². The third kappa shape index (κ3) is 4.13. The summed E-state index contributed by atoms with van der Waals surface area (Å²) >= 11 is 0. The lowest BCUT2D eigenvalue weighted by Crippen LogP contribution is -2.61. The number of hydrogen-bond acceptors (Lipinski definition) is 5. The fourth-order valence-corrected chi connectivity index (χ4v) is 6.38. The van der Waals surface area contributed by atoms with Crippen molar-refractivity contribution in [1.82, 2.24) is 10.2 Å². The zero-order valence-electron chi connectivity index (χ0n) is 18.2. The highest BCUT2D eigenvalue weighted by atomic mass is 16.6. The molecule has 0 bridgehead atoms. The highest BCUT2D eigenvalue weighted by Crippen LogP contribution is 2.61. The molecule has 0 aromatic carbocycles. The SMILES string of the molecule is CCNC(=O)OC1CCC2(C)C(CC(=O)N3CCCC3)C(O)CCC2C1(C)CO. The smallest absolute Gasteiger partial charge is 0.407 e. The quantitative estimate of drug-likeness (QED) is 0.646. The zero-order valence-corrected chi connectivity index (χ0v) is 18.2. The van der Waals surface area contributed by atoms with Crippen LogP contribution in [0, 0.1) is 22.7 Å². The first-order valence-corrected chi connectivity index (χ1v) is 11.3. The average molecular weight is 411 g/mol. The van der Waals surface area contributed by atoms with Crippen LogP contribution in [-0.2, 0) is 9.53 Å². The van der Waals surface area contributed by atoms with E-state index in [1.807, 2.05) is 18.7 Å². The van der Waals surface area contributed by atoms with E-state index in [0.717, 1.165) is 38.8 Å². The van der Waals surface area contributed by atoms with Crippen molar-refractivity contribution in [3.05, 3.63) is 0 Å². The standard InChI is InChI=1S/C22H38N2O5/c1-4-23-20(28)29-18-9-10-21(2)15(13-19(27)24-11-5-6-12-24)16(26)7-8-17(21)22(18,3)14-25/h15-18,25-26H,4-14H2,1-3H3,(H,23,28). The summed E-state index contributed by atoms with van der Waals surface area (Å²) in [6.45, 7) is 8.05. The van der Waals surface area contributed by atoms with Gasteiger partial charge in [0.05, 0.1) is 12.7 Å². The number of carbonyl (C=O) groups is 2. The first-order chi connectivity index (χ1) is 13.8. The van der Waals surface area contributed by atoms with Crippen LogP contribution in [-0.4, -0.2) is 65.6 Å². The topological polar surface area (TPSA) is 99.1 Å². The molecule has 1 aliphatic heterocycles. The molecule has 1 heterocycles. The molecule has 6 unspecified atom stereocenters. The van der Waals surface area contributed by atoms with Gasteiger partial charge < -0.3 is 25.2 Å². The molecule has 3 fully saturated rings. The number of hydrogen-bond donors (Lipinski definition) is 3. The Morgan fingerprint density at radius 2 is 1.86 bits per heavy atom. The third-order valence-electron chi connectivity index (χ3n) is 8.10. The van der Waals surface area contributed by atoms with E-state index >= 15 is 0 Å². The van der Waals surface area contributed by atoms with Gasteiger partial charge in [-0.2, -0.15) is 0 Å². The minimum Gasteiger partial charge on any atom is -0.446 e. The van der Waals surface area contributed by atoms with E-state index in [-0.39, 0.29) is 35.9 Å². The second-order valence-corrected chi connectivity index (χ2v) is 9.73. The van der Waals surface area contributed by atoms with Gasteiger partial charge >= 0.3 is 6.09 Å². The number of alkyl carbamates (subject to hydrolysis) is 1. The van der Waals surface area contributed by atoms with E-state index in [4.69, 9.17) is 4.74 Å². The van der Waals surface area contributed by atoms with E-state index in [2.05, 4.69) is 12.2 Å². The summed E-state index contributed by atoms with van der Waals surface area (Å²) in [4.78, 5) is 26.9. The molecule has 3 rings (SSSR count). The molecule has 3 N–H and O–H groups in total. The van der Waals surface area contributed by atoms with Crippen LogP contribution in [0.4, 0.5) is 4.79 Å². The van der Waals surface area contributed by atoms with Crippen molar-refractivity contribution in [3.63, 3.8) is 0 Å². The highest BCUT2D eigenvalue weighted by Gasteiger charge is 2.60. The minimum absolute atomic E-state index is 0.0768. The maximum absolute atomic E-state index is 12.9. The maximum atomic E-state index is 12.9. The van der Waals surface area contributed by atoms with Gasteiger partial charge in [-0.25, -0.2) is 4.79 Å². The van der Waals surface area contributed by atoms with Crippen molar-refractivity contribution < 1.29 is 24.5 Å². The van der Waals surface area contributed by atoms with Crippen LogP contribution in [0.5, 0.6) is 0 Å². The summed E-state index contributed by atoms with van der Waals surface area (Å²) in [7, 11) is 0. The number of likely N-dealkylation sites (tertiary alicyclic amines) is 1. The van der Waals surface area contributed by atoms with Crippen LogP contribution >= 0.6 is 0 Å². The van der Waals surface area contributed by atoms with Crippen molar-refractivity contribution in [3.8, 4) is 0 Å². The highest BCUT2D eigenvalue weighted by molar-refractivity contribution is 5.77. The molecule has 166 valence electrons. The first kappa shape index (κ1) is 22.3. The molecule has 2 aliphatic carbocycles. The van der Waals surface area contributed by atoms with E-state index in [1.54, 1.807) is 0 Å². The largest absolute Gasteiger partial charge is 0.446 e. The molecule has 0 aromatic heterocycles. The Morgan fingerprint density at radius 1 is 1.17 bits per heavy atom. The second-order valence-electron chi connectivity index (χ2n) is 9.73. The average Bonchev–Trinajstić information content (AvgIpc) is 3.22. The number of aliphatic hydroxyl groups is 2. The number of aliphatic hydroxyl groups excluding tert-OH is 2. The van der Waals surface area contributed by atoms with E-state index in [9.17, 15) is 19.8 Å².